The monoisotopic (exact) mass is 355 g/mol. The van der Waals surface area contributed by atoms with Gasteiger partial charge in [-0.15, -0.1) is 0 Å². The van der Waals surface area contributed by atoms with Gasteiger partial charge in [-0.3, -0.25) is 0 Å². The van der Waals surface area contributed by atoms with Crippen molar-refractivity contribution in [1.82, 2.24) is 10.1 Å². The quantitative estimate of drug-likeness (QED) is 0.906. The van der Waals surface area contributed by atoms with Crippen LogP contribution in [0.3, 0.4) is 0 Å². The number of rotatable bonds is 4. The van der Waals surface area contributed by atoms with Crippen LogP contribution in [-0.4, -0.2) is 22.9 Å². The Bertz CT molecular complexity index is 651. The smallest absolute Gasteiger partial charge is 0.247 e. The summed E-state index contributed by atoms with van der Waals surface area (Å²) in [7, 11) is 0. The fraction of sp³-hybridized carbons (Fsp3) is 0.571. The Labute approximate surface area is 131 Å². The largest absolute Gasteiger partial charge is 0.446 e. The minimum absolute atomic E-state index is 0.0978. The molecule has 2 aromatic rings. The zero-order valence-corrected chi connectivity index (χ0v) is 13.8. The molecule has 0 amide bonds. The van der Waals surface area contributed by atoms with Crippen LogP contribution in [0.5, 0.6) is 0 Å². The number of furan rings is 1. The van der Waals surface area contributed by atoms with Crippen molar-refractivity contribution in [2.24, 2.45) is 11.1 Å². The normalized spacial score (nSPS) is 27.6. The van der Waals surface area contributed by atoms with E-state index in [2.05, 4.69) is 39.9 Å². The van der Waals surface area contributed by atoms with Gasteiger partial charge in [0.1, 0.15) is 5.54 Å². The molecule has 3 rings (SSSR count). The number of hydrogen-bond acceptors (Lipinski definition) is 6. The minimum Gasteiger partial charge on any atom is -0.446 e. The van der Waals surface area contributed by atoms with Gasteiger partial charge in [0.15, 0.2) is 10.4 Å². The third-order valence-corrected chi connectivity index (χ3v) is 4.86. The highest BCUT2D eigenvalue weighted by Crippen LogP contribution is 2.55. The summed E-state index contributed by atoms with van der Waals surface area (Å²) in [6.45, 7) is 6.76. The van der Waals surface area contributed by atoms with E-state index in [0.717, 1.165) is 0 Å². The first-order valence-electron chi connectivity index (χ1n) is 6.89. The molecule has 1 aliphatic carbocycles. The Morgan fingerprint density at radius 2 is 2.24 bits per heavy atom. The van der Waals surface area contributed by atoms with Gasteiger partial charge in [0.05, 0.1) is 6.10 Å². The predicted octanol–water partition coefficient (Wildman–Crippen LogP) is 3.08. The van der Waals surface area contributed by atoms with E-state index in [-0.39, 0.29) is 11.5 Å². The van der Waals surface area contributed by atoms with E-state index >= 15 is 0 Å². The summed E-state index contributed by atoms with van der Waals surface area (Å²) in [6.07, 6.45) is 0.762. The molecule has 0 radical (unpaired) electrons. The molecule has 114 valence electrons. The summed E-state index contributed by atoms with van der Waals surface area (Å²) < 4.78 is 17.1. The molecule has 0 bridgehead atoms. The van der Waals surface area contributed by atoms with E-state index in [1.54, 1.807) is 12.1 Å². The van der Waals surface area contributed by atoms with Crippen molar-refractivity contribution in [3.63, 3.8) is 0 Å². The Morgan fingerprint density at radius 3 is 2.81 bits per heavy atom. The third-order valence-electron chi connectivity index (χ3n) is 4.43. The summed E-state index contributed by atoms with van der Waals surface area (Å²) in [6, 6.07) is 3.55. The van der Waals surface area contributed by atoms with Gasteiger partial charge in [0, 0.05) is 18.4 Å². The fourth-order valence-corrected chi connectivity index (χ4v) is 3.04. The molecule has 2 N–H and O–H groups in total. The molecule has 1 fully saturated rings. The van der Waals surface area contributed by atoms with Gasteiger partial charge in [0.2, 0.25) is 11.7 Å². The maximum absolute atomic E-state index is 6.50. The van der Waals surface area contributed by atoms with E-state index < -0.39 is 5.54 Å². The molecular weight excluding hydrogens is 338 g/mol. The first-order valence-corrected chi connectivity index (χ1v) is 7.68. The summed E-state index contributed by atoms with van der Waals surface area (Å²) in [5.41, 5.74) is 5.56. The molecule has 0 spiro atoms. The zero-order valence-electron chi connectivity index (χ0n) is 12.2. The van der Waals surface area contributed by atoms with Crippen LogP contribution in [0.25, 0.3) is 11.6 Å². The van der Waals surface area contributed by atoms with Gasteiger partial charge >= 0.3 is 0 Å². The summed E-state index contributed by atoms with van der Waals surface area (Å²) in [5.74, 6) is 1.36. The lowest BCUT2D eigenvalue weighted by molar-refractivity contribution is -0.162. The van der Waals surface area contributed by atoms with Gasteiger partial charge in [0.25, 0.3) is 0 Å². The first-order chi connectivity index (χ1) is 9.88. The highest BCUT2D eigenvalue weighted by atomic mass is 79.9. The first kappa shape index (κ1) is 14.7. The Morgan fingerprint density at radius 1 is 1.48 bits per heavy atom. The average Bonchev–Trinajstić information content (AvgIpc) is 3.06. The van der Waals surface area contributed by atoms with Crippen LogP contribution in [0.1, 0.15) is 33.1 Å². The number of nitrogens with two attached hydrogens (primary N) is 1. The Kier molecular flexibility index (Phi) is 3.46. The standard InChI is InChI=1S/C14H18BrN3O3/c1-4-19-9-7-14(16,13(9,2)3)12-17-11(18-21-12)8-5-6-10(15)20-8/h5-6,9H,4,7,16H2,1-3H3. The summed E-state index contributed by atoms with van der Waals surface area (Å²) >= 11 is 3.25. The molecule has 0 saturated heterocycles. The van der Waals surface area contributed by atoms with Crippen LogP contribution in [0.15, 0.2) is 25.7 Å². The molecule has 2 heterocycles. The van der Waals surface area contributed by atoms with Gasteiger partial charge in [-0.1, -0.05) is 19.0 Å². The van der Waals surface area contributed by atoms with Crippen molar-refractivity contribution in [1.29, 1.82) is 0 Å². The SMILES string of the molecule is CCOC1CC(N)(c2nc(-c3ccc(Br)o3)no2)C1(C)C. The highest BCUT2D eigenvalue weighted by molar-refractivity contribution is 9.10. The van der Waals surface area contributed by atoms with Crippen molar-refractivity contribution in [2.45, 2.75) is 38.8 Å². The highest BCUT2D eigenvalue weighted by Gasteiger charge is 2.62. The van der Waals surface area contributed by atoms with E-state index in [4.69, 9.17) is 19.4 Å². The second kappa shape index (κ2) is 4.93. The maximum atomic E-state index is 6.50. The van der Waals surface area contributed by atoms with Crippen LogP contribution >= 0.6 is 15.9 Å². The van der Waals surface area contributed by atoms with Crippen molar-refractivity contribution in [3.05, 3.63) is 22.7 Å². The van der Waals surface area contributed by atoms with Crippen LogP contribution in [0.4, 0.5) is 0 Å². The number of halogens is 1. The van der Waals surface area contributed by atoms with Crippen molar-refractivity contribution in [3.8, 4) is 11.6 Å². The molecule has 7 heteroatoms. The molecule has 0 aliphatic heterocycles. The molecule has 2 atom stereocenters. The van der Waals surface area contributed by atoms with Crippen molar-refractivity contribution in [2.75, 3.05) is 6.61 Å². The lowest BCUT2D eigenvalue weighted by Crippen LogP contribution is -2.67. The van der Waals surface area contributed by atoms with E-state index in [1.165, 1.54) is 0 Å². The Balaban J connectivity index is 1.87. The molecule has 1 aliphatic rings. The van der Waals surface area contributed by atoms with Crippen molar-refractivity contribution >= 4 is 15.9 Å². The Hall–Kier alpha value is -1.18. The lowest BCUT2D eigenvalue weighted by Gasteiger charge is -2.56. The summed E-state index contributed by atoms with van der Waals surface area (Å²) in [4.78, 5) is 4.40. The predicted molar refractivity (Wildman–Crippen MR) is 79.4 cm³/mol. The van der Waals surface area contributed by atoms with Gasteiger partial charge in [-0.05, 0) is 35.0 Å². The molecule has 6 nitrogen and oxygen atoms in total. The van der Waals surface area contributed by atoms with Crippen molar-refractivity contribution < 1.29 is 13.7 Å². The maximum Gasteiger partial charge on any atom is 0.247 e. The lowest BCUT2D eigenvalue weighted by atomic mass is 9.54. The second-order valence-corrected chi connectivity index (χ2v) is 6.65. The van der Waals surface area contributed by atoms with Gasteiger partial charge in [-0.2, -0.15) is 4.98 Å². The number of ether oxygens (including phenoxy) is 1. The van der Waals surface area contributed by atoms with E-state index in [0.29, 0.717) is 35.2 Å². The van der Waals surface area contributed by atoms with E-state index in [9.17, 15) is 0 Å². The minimum atomic E-state index is -0.679. The molecule has 0 aromatic carbocycles. The van der Waals surface area contributed by atoms with Gasteiger partial charge < -0.3 is 19.4 Å². The topological polar surface area (TPSA) is 87.3 Å². The molecule has 21 heavy (non-hydrogen) atoms. The molecule has 2 unspecified atom stereocenters. The zero-order chi connectivity index (χ0) is 15.3. The van der Waals surface area contributed by atoms with Crippen LogP contribution in [0.2, 0.25) is 0 Å². The number of hydrogen-bond donors (Lipinski definition) is 1. The van der Waals surface area contributed by atoms with Gasteiger partial charge in [-0.25, -0.2) is 0 Å². The molecule has 2 aromatic heterocycles. The average molecular weight is 356 g/mol. The number of aromatic nitrogens is 2. The summed E-state index contributed by atoms with van der Waals surface area (Å²) in [5, 5.41) is 3.96. The van der Waals surface area contributed by atoms with E-state index in [1.807, 2.05) is 6.92 Å². The van der Waals surface area contributed by atoms with Crippen LogP contribution < -0.4 is 5.73 Å². The second-order valence-electron chi connectivity index (χ2n) is 5.87. The third kappa shape index (κ3) is 2.15. The van der Waals surface area contributed by atoms with Crippen LogP contribution in [0, 0.1) is 5.41 Å². The molecule has 1 saturated carbocycles. The molecular formula is C14H18BrN3O3. The van der Waals surface area contributed by atoms with Crippen LogP contribution in [-0.2, 0) is 10.3 Å². The number of nitrogens with zero attached hydrogens (tertiary/aromatic N) is 2. The fourth-order valence-electron chi connectivity index (χ4n) is 2.74.